The van der Waals surface area contributed by atoms with Crippen LogP contribution in [0.3, 0.4) is 0 Å². The Balaban J connectivity index is 1.46. The van der Waals surface area contributed by atoms with E-state index in [1.165, 1.54) is 9.87 Å². The van der Waals surface area contributed by atoms with Crippen molar-refractivity contribution in [1.29, 1.82) is 0 Å². The maximum atomic E-state index is 12.5. The number of hydrogen-bond acceptors (Lipinski definition) is 5. The molecule has 0 bridgehead atoms. The second-order valence-corrected chi connectivity index (χ2v) is 10.4. The van der Waals surface area contributed by atoms with E-state index in [9.17, 15) is 13.2 Å². The Kier molecular flexibility index (Phi) is 7.67. The van der Waals surface area contributed by atoms with E-state index in [1.807, 2.05) is 6.07 Å². The summed E-state index contributed by atoms with van der Waals surface area (Å²) in [6, 6.07) is 8.42. The summed E-state index contributed by atoms with van der Waals surface area (Å²) in [6.45, 7) is 8.38. The van der Waals surface area contributed by atoms with Crippen LogP contribution in [0.25, 0.3) is 0 Å². The predicted molar refractivity (Wildman–Crippen MR) is 115 cm³/mol. The molecule has 0 aliphatic carbocycles. The lowest BCUT2D eigenvalue weighted by atomic mass is 9.97. The summed E-state index contributed by atoms with van der Waals surface area (Å²) in [7, 11) is -0.991. The van der Waals surface area contributed by atoms with Gasteiger partial charge in [-0.2, -0.15) is 0 Å². The molecule has 0 spiro atoms. The topological polar surface area (TPSA) is 73.0 Å². The van der Waals surface area contributed by atoms with Gasteiger partial charge in [-0.3, -0.25) is 9.69 Å². The quantitative estimate of drug-likeness (QED) is 0.713. The smallest absolute Gasteiger partial charge is 0.223 e. The lowest BCUT2D eigenvalue weighted by Crippen LogP contribution is -2.43. The van der Waals surface area contributed by atoms with Crippen LogP contribution in [0.5, 0.6) is 0 Å². The standard InChI is InChI=1S/C21H34N4O3S/c1-3-29(27,28)25-9-7-20(8-10-25)21(26)22-16-18-5-4-6-19(15-18)17-24-13-11-23(2)12-14-24/h4-6,15,20H,3,7-14,16-17H2,1-2H3,(H,22,26). The minimum Gasteiger partial charge on any atom is -0.352 e. The maximum absolute atomic E-state index is 12.5. The van der Waals surface area contributed by atoms with E-state index in [2.05, 4.69) is 40.4 Å². The highest BCUT2D eigenvalue weighted by Gasteiger charge is 2.30. The zero-order chi connectivity index (χ0) is 20.9. The van der Waals surface area contributed by atoms with Crippen molar-refractivity contribution in [3.8, 4) is 0 Å². The third-order valence-electron chi connectivity index (χ3n) is 6.04. The van der Waals surface area contributed by atoms with Crippen LogP contribution in [0.2, 0.25) is 0 Å². The normalized spacial score (nSPS) is 20.6. The van der Waals surface area contributed by atoms with Crippen molar-refractivity contribution in [2.24, 2.45) is 5.92 Å². The molecule has 2 aliphatic heterocycles. The van der Waals surface area contributed by atoms with Crippen LogP contribution in [0.15, 0.2) is 24.3 Å². The number of amides is 1. The van der Waals surface area contributed by atoms with Crippen LogP contribution in [-0.4, -0.2) is 80.5 Å². The van der Waals surface area contributed by atoms with Gasteiger partial charge in [0.1, 0.15) is 0 Å². The summed E-state index contributed by atoms with van der Waals surface area (Å²) in [5.74, 6) is 0.0452. The minimum atomic E-state index is -3.15. The highest BCUT2D eigenvalue weighted by atomic mass is 32.2. The molecular weight excluding hydrogens is 388 g/mol. The van der Waals surface area contributed by atoms with Crippen molar-refractivity contribution in [2.75, 3.05) is 52.1 Å². The highest BCUT2D eigenvalue weighted by Crippen LogP contribution is 2.20. The van der Waals surface area contributed by atoms with E-state index in [4.69, 9.17) is 0 Å². The second kappa shape index (κ2) is 10.0. The molecule has 0 radical (unpaired) electrons. The fraction of sp³-hybridized carbons (Fsp3) is 0.667. The number of nitrogens with zero attached hydrogens (tertiary/aromatic N) is 3. The summed E-state index contributed by atoms with van der Waals surface area (Å²) in [6.07, 6.45) is 1.18. The van der Waals surface area contributed by atoms with Gasteiger partial charge in [-0.1, -0.05) is 24.3 Å². The lowest BCUT2D eigenvalue weighted by Gasteiger charge is -2.32. The van der Waals surface area contributed by atoms with Gasteiger partial charge in [-0.25, -0.2) is 12.7 Å². The molecule has 1 N–H and O–H groups in total. The Labute approximate surface area is 175 Å². The molecule has 1 aromatic rings. The van der Waals surface area contributed by atoms with Crippen LogP contribution in [0.1, 0.15) is 30.9 Å². The first-order valence-corrected chi connectivity index (χ1v) is 12.2. The number of carbonyl (C=O) groups excluding carboxylic acids is 1. The molecule has 3 rings (SSSR count). The van der Waals surface area contributed by atoms with Gasteiger partial charge in [0.2, 0.25) is 15.9 Å². The first-order valence-electron chi connectivity index (χ1n) is 10.6. The molecule has 2 heterocycles. The number of nitrogens with one attached hydrogen (secondary N) is 1. The third kappa shape index (κ3) is 6.25. The van der Waals surface area contributed by atoms with Gasteiger partial charge < -0.3 is 10.2 Å². The Morgan fingerprint density at radius 2 is 1.72 bits per heavy atom. The Morgan fingerprint density at radius 1 is 1.07 bits per heavy atom. The molecule has 0 saturated carbocycles. The average molecular weight is 423 g/mol. The summed E-state index contributed by atoms with van der Waals surface area (Å²) >= 11 is 0. The molecule has 2 aliphatic rings. The number of piperazine rings is 1. The van der Waals surface area contributed by atoms with Crippen molar-refractivity contribution in [3.05, 3.63) is 35.4 Å². The Hall–Kier alpha value is -1.48. The van der Waals surface area contributed by atoms with Crippen molar-refractivity contribution < 1.29 is 13.2 Å². The van der Waals surface area contributed by atoms with Crippen LogP contribution < -0.4 is 5.32 Å². The fourth-order valence-corrected chi connectivity index (χ4v) is 5.15. The molecule has 0 atom stereocenters. The first kappa shape index (κ1) is 22.2. The van der Waals surface area contributed by atoms with E-state index in [1.54, 1.807) is 6.92 Å². The van der Waals surface area contributed by atoms with Crippen LogP contribution >= 0.6 is 0 Å². The van der Waals surface area contributed by atoms with Gasteiger partial charge in [0.05, 0.1) is 5.75 Å². The highest BCUT2D eigenvalue weighted by molar-refractivity contribution is 7.89. The van der Waals surface area contributed by atoms with Gasteiger partial charge >= 0.3 is 0 Å². The molecule has 7 nitrogen and oxygen atoms in total. The van der Waals surface area contributed by atoms with E-state index >= 15 is 0 Å². The molecule has 1 amide bonds. The monoisotopic (exact) mass is 422 g/mol. The van der Waals surface area contributed by atoms with Crippen molar-refractivity contribution >= 4 is 15.9 Å². The number of carbonyl (C=O) groups is 1. The molecule has 0 aromatic heterocycles. The first-order chi connectivity index (χ1) is 13.9. The second-order valence-electron chi connectivity index (χ2n) is 8.19. The zero-order valence-corrected chi connectivity index (χ0v) is 18.5. The molecular formula is C21H34N4O3S. The predicted octanol–water partition coefficient (Wildman–Crippen LogP) is 1.11. The SMILES string of the molecule is CCS(=O)(=O)N1CCC(C(=O)NCc2cccc(CN3CCN(C)CC3)c2)CC1. The summed E-state index contributed by atoms with van der Waals surface area (Å²) in [5, 5.41) is 3.05. The van der Waals surface area contributed by atoms with E-state index < -0.39 is 10.0 Å². The Morgan fingerprint density at radius 3 is 2.38 bits per heavy atom. The number of hydrogen-bond donors (Lipinski definition) is 1. The van der Waals surface area contributed by atoms with Crippen LogP contribution in [-0.2, 0) is 27.9 Å². The maximum Gasteiger partial charge on any atom is 0.223 e. The van der Waals surface area contributed by atoms with Gasteiger partial charge in [-0.15, -0.1) is 0 Å². The summed E-state index contributed by atoms with van der Waals surface area (Å²) in [5.41, 5.74) is 2.38. The van der Waals surface area contributed by atoms with Crippen LogP contribution in [0.4, 0.5) is 0 Å². The molecule has 2 fully saturated rings. The third-order valence-corrected chi connectivity index (χ3v) is 7.92. The minimum absolute atomic E-state index is 0.0306. The summed E-state index contributed by atoms with van der Waals surface area (Å²) < 4.78 is 25.4. The van der Waals surface area contributed by atoms with Crippen molar-refractivity contribution in [3.63, 3.8) is 0 Å². The number of likely N-dealkylation sites (N-methyl/N-ethyl adjacent to an activating group) is 1. The van der Waals surface area contributed by atoms with Gasteiger partial charge in [-0.05, 0) is 37.9 Å². The molecule has 29 heavy (non-hydrogen) atoms. The van der Waals surface area contributed by atoms with Gasteiger partial charge in [0.25, 0.3) is 0 Å². The van der Waals surface area contributed by atoms with Gasteiger partial charge in [0.15, 0.2) is 0 Å². The fourth-order valence-electron chi connectivity index (χ4n) is 4.01. The molecule has 2 saturated heterocycles. The number of benzene rings is 1. The number of piperidine rings is 1. The van der Waals surface area contributed by atoms with E-state index in [0.29, 0.717) is 32.5 Å². The molecule has 0 unspecified atom stereocenters. The van der Waals surface area contributed by atoms with Crippen LogP contribution in [0, 0.1) is 5.92 Å². The molecule has 162 valence electrons. The molecule has 1 aromatic carbocycles. The largest absolute Gasteiger partial charge is 0.352 e. The molecule has 8 heteroatoms. The zero-order valence-electron chi connectivity index (χ0n) is 17.6. The van der Waals surface area contributed by atoms with E-state index in [-0.39, 0.29) is 17.6 Å². The number of sulfonamides is 1. The Bertz CT molecular complexity index is 783. The van der Waals surface area contributed by atoms with E-state index in [0.717, 1.165) is 38.3 Å². The van der Waals surface area contributed by atoms with Crippen molar-refractivity contribution in [2.45, 2.75) is 32.9 Å². The lowest BCUT2D eigenvalue weighted by molar-refractivity contribution is -0.126. The average Bonchev–Trinajstić information content (AvgIpc) is 2.74. The number of rotatable bonds is 7. The van der Waals surface area contributed by atoms with Gasteiger partial charge in [0, 0.05) is 58.3 Å². The summed E-state index contributed by atoms with van der Waals surface area (Å²) in [4.78, 5) is 17.4. The van der Waals surface area contributed by atoms with Crippen molar-refractivity contribution in [1.82, 2.24) is 19.4 Å².